The summed E-state index contributed by atoms with van der Waals surface area (Å²) in [5.41, 5.74) is 1.30. The van der Waals surface area contributed by atoms with Gasteiger partial charge in [0, 0.05) is 12.3 Å². The summed E-state index contributed by atoms with van der Waals surface area (Å²) in [6.45, 7) is 2.29. The van der Waals surface area contributed by atoms with Gasteiger partial charge in [0.25, 0.3) is 0 Å². The number of hydrogen-bond acceptors (Lipinski definition) is 2. The first-order valence-electron chi connectivity index (χ1n) is 9.88. The monoisotopic (exact) mass is 328 g/mol. The highest BCUT2D eigenvalue weighted by Crippen LogP contribution is 2.43. The van der Waals surface area contributed by atoms with E-state index in [9.17, 15) is 4.79 Å². The van der Waals surface area contributed by atoms with Crippen LogP contribution in [0.25, 0.3) is 0 Å². The lowest BCUT2D eigenvalue weighted by molar-refractivity contribution is -0.127. The van der Waals surface area contributed by atoms with Crippen molar-refractivity contribution in [2.45, 2.75) is 70.6 Å². The second-order valence-corrected chi connectivity index (χ2v) is 7.89. The first-order chi connectivity index (χ1) is 11.7. The Bertz CT molecular complexity index is 525. The van der Waals surface area contributed by atoms with E-state index in [1.807, 2.05) is 12.1 Å². The molecule has 2 nitrogen and oxygen atoms in total. The van der Waals surface area contributed by atoms with Crippen LogP contribution in [0.3, 0.4) is 0 Å². The van der Waals surface area contributed by atoms with E-state index in [0.29, 0.717) is 23.5 Å². The van der Waals surface area contributed by atoms with Crippen molar-refractivity contribution in [3.05, 3.63) is 29.8 Å². The zero-order chi connectivity index (χ0) is 16.9. The van der Waals surface area contributed by atoms with Crippen LogP contribution in [0.5, 0.6) is 5.75 Å². The van der Waals surface area contributed by atoms with Gasteiger partial charge in [-0.15, -0.1) is 0 Å². The zero-order valence-electron chi connectivity index (χ0n) is 15.3. The Morgan fingerprint density at radius 1 is 1.00 bits per heavy atom. The highest BCUT2D eigenvalue weighted by atomic mass is 16.5. The van der Waals surface area contributed by atoms with Gasteiger partial charge in [-0.05, 0) is 61.1 Å². The van der Waals surface area contributed by atoms with Crippen LogP contribution in [0, 0.1) is 17.8 Å². The van der Waals surface area contributed by atoms with Crippen molar-refractivity contribution in [3.63, 3.8) is 0 Å². The maximum atomic E-state index is 12.8. The largest absolute Gasteiger partial charge is 0.497 e. The molecule has 1 aromatic rings. The molecular weight excluding hydrogens is 296 g/mol. The second-order valence-electron chi connectivity index (χ2n) is 7.89. The fourth-order valence-corrected chi connectivity index (χ4v) is 4.98. The third kappa shape index (κ3) is 4.02. The SMILES string of the molecule is CCCC1CCC([C@H]2CC[C@H](c3ccc(OC)cc3)CC2=O)CC1. The first-order valence-corrected chi connectivity index (χ1v) is 9.88. The summed E-state index contributed by atoms with van der Waals surface area (Å²) in [6, 6.07) is 8.29. The van der Waals surface area contributed by atoms with Crippen molar-refractivity contribution in [1.82, 2.24) is 0 Å². The first kappa shape index (κ1) is 17.5. The summed E-state index contributed by atoms with van der Waals surface area (Å²) in [5.74, 6) is 3.78. The van der Waals surface area contributed by atoms with Gasteiger partial charge in [0.05, 0.1) is 7.11 Å². The summed E-state index contributed by atoms with van der Waals surface area (Å²) in [4.78, 5) is 12.8. The van der Waals surface area contributed by atoms with E-state index in [0.717, 1.165) is 30.9 Å². The van der Waals surface area contributed by atoms with Crippen LogP contribution in [0.2, 0.25) is 0 Å². The average molecular weight is 328 g/mol. The second kappa shape index (κ2) is 8.18. The van der Waals surface area contributed by atoms with Crippen molar-refractivity contribution in [2.75, 3.05) is 7.11 Å². The van der Waals surface area contributed by atoms with Gasteiger partial charge < -0.3 is 4.74 Å². The molecule has 2 aliphatic rings. The van der Waals surface area contributed by atoms with Crippen molar-refractivity contribution in [3.8, 4) is 5.75 Å². The molecule has 24 heavy (non-hydrogen) atoms. The number of carbonyl (C=O) groups excluding carboxylic acids is 1. The summed E-state index contributed by atoms with van der Waals surface area (Å²) >= 11 is 0. The van der Waals surface area contributed by atoms with Crippen molar-refractivity contribution in [1.29, 1.82) is 0 Å². The molecule has 2 aliphatic carbocycles. The zero-order valence-corrected chi connectivity index (χ0v) is 15.3. The third-order valence-electron chi connectivity index (χ3n) is 6.43. The summed E-state index contributed by atoms with van der Waals surface area (Å²) in [5, 5.41) is 0. The Hall–Kier alpha value is -1.31. The fourth-order valence-electron chi connectivity index (χ4n) is 4.98. The molecule has 0 bridgehead atoms. The van der Waals surface area contributed by atoms with E-state index in [-0.39, 0.29) is 0 Å². The summed E-state index contributed by atoms with van der Waals surface area (Å²) < 4.78 is 5.23. The Morgan fingerprint density at radius 2 is 1.71 bits per heavy atom. The van der Waals surface area contributed by atoms with Gasteiger partial charge in [-0.3, -0.25) is 4.79 Å². The van der Waals surface area contributed by atoms with Crippen molar-refractivity contribution in [2.24, 2.45) is 17.8 Å². The Balaban J connectivity index is 1.54. The van der Waals surface area contributed by atoms with Gasteiger partial charge in [0.2, 0.25) is 0 Å². The number of Topliss-reactive ketones (excluding diaryl/α,β-unsaturated/α-hetero) is 1. The third-order valence-corrected chi connectivity index (χ3v) is 6.43. The molecule has 2 fully saturated rings. The van der Waals surface area contributed by atoms with Crippen LogP contribution in [0.4, 0.5) is 0 Å². The van der Waals surface area contributed by atoms with Crippen LogP contribution >= 0.6 is 0 Å². The average Bonchev–Trinajstić information content (AvgIpc) is 2.63. The van der Waals surface area contributed by atoms with Gasteiger partial charge in [0.15, 0.2) is 0 Å². The topological polar surface area (TPSA) is 26.3 Å². The van der Waals surface area contributed by atoms with Gasteiger partial charge >= 0.3 is 0 Å². The Kier molecular flexibility index (Phi) is 5.97. The lowest BCUT2D eigenvalue weighted by Crippen LogP contribution is -2.32. The number of ketones is 1. The molecule has 2 atom stereocenters. The molecule has 0 aliphatic heterocycles. The molecule has 1 aromatic carbocycles. The van der Waals surface area contributed by atoms with E-state index in [4.69, 9.17) is 4.74 Å². The van der Waals surface area contributed by atoms with Crippen LogP contribution < -0.4 is 4.74 Å². The highest BCUT2D eigenvalue weighted by Gasteiger charge is 2.36. The highest BCUT2D eigenvalue weighted by molar-refractivity contribution is 5.83. The van der Waals surface area contributed by atoms with Crippen LogP contribution in [-0.2, 0) is 4.79 Å². The Labute approximate surface area is 147 Å². The normalized spacial score (nSPS) is 31.0. The van der Waals surface area contributed by atoms with E-state index in [1.165, 1.54) is 44.1 Å². The number of rotatable bonds is 5. The molecule has 2 heteroatoms. The summed E-state index contributed by atoms with van der Waals surface area (Å²) in [6.07, 6.45) is 11.0. The standard InChI is InChI=1S/C22H32O2/c1-3-4-16-5-7-18(8-6-16)21-14-11-19(15-22(21)23)17-9-12-20(24-2)13-10-17/h9-10,12-13,16,18-19,21H,3-8,11,14-15H2,1-2H3/t16?,18?,19-,21+/m0/s1. The Morgan fingerprint density at radius 3 is 2.29 bits per heavy atom. The van der Waals surface area contributed by atoms with Crippen LogP contribution in [0.15, 0.2) is 24.3 Å². The van der Waals surface area contributed by atoms with Crippen LogP contribution in [-0.4, -0.2) is 12.9 Å². The smallest absolute Gasteiger partial charge is 0.136 e. The van der Waals surface area contributed by atoms with Crippen molar-refractivity contribution >= 4 is 5.78 Å². The number of hydrogen-bond donors (Lipinski definition) is 0. The number of benzene rings is 1. The molecule has 132 valence electrons. The minimum absolute atomic E-state index is 0.349. The molecular formula is C22H32O2. The van der Waals surface area contributed by atoms with E-state index < -0.39 is 0 Å². The molecule has 0 amide bonds. The molecule has 0 spiro atoms. The predicted octanol–water partition coefficient (Wildman–Crippen LogP) is 5.75. The lowest BCUT2D eigenvalue weighted by Gasteiger charge is -2.37. The molecule has 0 aromatic heterocycles. The summed E-state index contributed by atoms with van der Waals surface area (Å²) in [7, 11) is 1.69. The van der Waals surface area contributed by atoms with E-state index in [1.54, 1.807) is 7.11 Å². The molecule has 2 saturated carbocycles. The minimum Gasteiger partial charge on any atom is -0.497 e. The maximum Gasteiger partial charge on any atom is 0.136 e. The molecule has 0 saturated heterocycles. The fraction of sp³-hybridized carbons (Fsp3) is 0.682. The van der Waals surface area contributed by atoms with Crippen molar-refractivity contribution < 1.29 is 9.53 Å². The molecule has 0 unspecified atom stereocenters. The van der Waals surface area contributed by atoms with E-state index in [2.05, 4.69) is 19.1 Å². The molecule has 0 heterocycles. The van der Waals surface area contributed by atoms with E-state index >= 15 is 0 Å². The maximum absolute atomic E-state index is 12.8. The van der Waals surface area contributed by atoms with Gasteiger partial charge in [-0.1, -0.05) is 44.7 Å². The number of methoxy groups -OCH3 is 1. The lowest BCUT2D eigenvalue weighted by atomic mass is 9.67. The molecule has 3 rings (SSSR count). The minimum atomic E-state index is 0.349. The predicted molar refractivity (Wildman–Crippen MR) is 98.4 cm³/mol. The molecule has 0 radical (unpaired) electrons. The quantitative estimate of drug-likeness (QED) is 0.687. The van der Waals surface area contributed by atoms with Gasteiger partial charge in [-0.2, -0.15) is 0 Å². The number of carbonyl (C=O) groups is 1. The molecule has 0 N–H and O–H groups in total. The number of ether oxygens (including phenoxy) is 1. The van der Waals surface area contributed by atoms with Gasteiger partial charge in [0.1, 0.15) is 11.5 Å². The van der Waals surface area contributed by atoms with Gasteiger partial charge in [-0.25, -0.2) is 0 Å². The van der Waals surface area contributed by atoms with Crippen LogP contribution in [0.1, 0.15) is 76.2 Å².